The van der Waals surface area contributed by atoms with Gasteiger partial charge in [0, 0.05) is 32.2 Å². The normalized spacial score (nSPS) is 21.9. The maximum Gasteiger partial charge on any atom is 0.140 e. The number of hydrogen-bond acceptors (Lipinski definition) is 6. The van der Waals surface area contributed by atoms with Crippen LogP contribution in [0.3, 0.4) is 0 Å². The van der Waals surface area contributed by atoms with Crippen LogP contribution in [0.4, 0.5) is 5.82 Å². The molecule has 1 aliphatic heterocycles. The van der Waals surface area contributed by atoms with Crippen LogP contribution >= 0.6 is 11.3 Å². The number of thiophene rings is 1. The van der Waals surface area contributed by atoms with Gasteiger partial charge in [0.05, 0.1) is 11.5 Å². The lowest BCUT2D eigenvalue weighted by Gasteiger charge is -2.42. The van der Waals surface area contributed by atoms with Crippen molar-refractivity contribution in [3.63, 3.8) is 0 Å². The second-order valence-corrected chi connectivity index (χ2v) is 6.58. The topological polar surface area (TPSA) is 52.5 Å². The Hall–Kier alpha value is -1.24. The van der Waals surface area contributed by atoms with Crippen LogP contribution in [0, 0.1) is 0 Å². The van der Waals surface area contributed by atoms with E-state index in [4.69, 9.17) is 0 Å². The molecule has 114 valence electrons. The standard InChI is InChI=1S/C15H22N4OS/c1-3-12-9-19(6-5-18(12)8-11(2)20)14-13-4-7-21-15(13)17-10-16-14/h4,7,10-12,20H,3,5-6,8-9H2,1-2H3/t11-,12+/m0/s1. The maximum atomic E-state index is 9.64. The first-order chi connectivity index (χ1) is 10.2. The average Bonchev–Trinajstić information content (AvgIpc) is 2.95. The first kappa shape index (κ1) is 14.7. The molecule has 3 heterocycles. The SMILES string of the molecule is CC[C@@H]1CN(c2ncnc3sccc23)CCN1C[C@H](C)O. The van der Waals surface area contributed by atoms with Crippen LogP contribution in [0.5, 0.6) is 0 Å². The predicted octanol–water partition coefficient (Wildman–Crippen LogP) is 1.97. The number of fused-ring (bicyclic) bond motifs is 1. The van der Waals surface area contributed by atoms with Crippen molar-refractivity contribution in [2.45, 2.75) is 32.4 Å². The van der Waals surface area contributed by atoms with E-state index < -0.39 is 0 Å². The molecule has 2 aromatic rings. The third-order valence-corrected chi connectivity index (χ3v) is 4.94. The molecule has 0 aliphatic carbocycles. The van der Waals surface area contributed by atoms with Crippen LogP contribution in [0.2, 0.25) is 0 Å². The molecular formula is C15H22N4OS. The highest BCUT2D eigenvalue weighted by atomic mass is 32.1. The van der Waals surface area contributed by atoms with Crippen molar-refractivity contribution in [2.75, 3.05) is 31.1 Å². The minimum Gasteiger partial charge on any atom is -0.392 e. The molecular weight excluding hydrogens is 284 g/mol. The Bertz CT molecular complexity index is 600. The van der Waals surface area contributed by atoms with Gasteiger partial charge in [0.1, 0.15) is 17.0 Å². The Kier molecular flexibility index (Phi) is 4.37. The maximum absolute atomic E-state index is 9.64. The zero-order valence-electron chi connectivity index (χ0n) is 12.6. The van der Waals surface area contributed by atoms with Crippen LogP contribution < -0.4 is 4.90 Å². The van der Waals surface area contributed by atoms with Crippen LogP contribution in [0.15, 0.2) is 17.8 Å². The molecule has 21 heavy (non-hydrogen) atoms. The number of anilines is 1. The number of β-amino-alcohol motifs (C(OH)–C–C–N with tert-alkyl or cyclic N) is 1. The van der Waals surface area contributed by atoms with Crippen molar-refractivity contribution < 1.29 is 5.11 Å². The van der Waals surface area contributed by atoms with E-state index in [9.17, 15) is 5.11 Å². The van der Waals surface area contributed by atoms with Gasteiger partial charge in [0.2, 0.25) is 0 Å². The lowest BCUT2D eigenvalue weighted by Crippen LogP contribution is -2.54. The van der Waals surface area contributed by atoms with Crippen molar-refractivity contribution in [2.24, 2.45) is 0 Å². The zero-order chi connectivity index (χ0) is 14.8. The summed E-state index contributed by atoms with van der Waals surface area (Å²) in [5.41, 5.74) is 0. The molecule has 0 aromatic carbocycles. The highest BCUT2D eigenvalue weighted by molar-refractivity contribution is 7.16. The summed E-state index contributed by atoms with van der Waals surface area (Å²) in [4.78, 5) is 14.7. The van der Waals surface area contributed by atoms with E-state index in [1.54, 1.807) is 17.7 Å². The zero-order valence-corrected chi connectivity index (χ0v) is 13.4. The quantitative estimate of drug-likeness (QED) is 0.936. The van der Waals surface area contributed by atoms with E-state index >= 15 is 0 Å². The molecule has 0 saturated carbocycles. The Morgan fingerprint density at radius 3 is 3.05 bits per heavy atom. The van der Waals surface area contributed by atoms with E-state index in [2.05, 4.69) is 38.1 Å². The van der Waals surface area contributed by atoms with Crippen LogP contribution in [-0.2, 0) is 0 Å². The highest BCUT2D eigenvalue weighted by Gasteiger charge is 2.28. The van der Waals surface area contributed by atoms with E-state index in [0.29, 0.717) is 6.04 Å². The molecule has 0 spiro atoms. The molecule has 1 N–H and O–H groups in total. The van der Waals surface area contributed by atoms with Gasteiger partial charge in [-0.1, -0.05) is 6.92 Å². The first-order valence-electron chi connectivity index (χ1n) is 7.54. The number of aliphatic hydroxyl groups excluding tert-OH is 1. The van der Waals surface area contributed by atoms with E-state index in [-0.39, 0.29) is 6.10 Å². The summed E-state index contributed by atoms with van der Waals surface area (Å²) in [5, 5.41) is 12.9. The van der Waals surface area contributed by atoms with Gasteiger partial charge in [0.15, 0.2) is 0 Å². The monoisotopic (exact) mass is 306 g/mol. The molecule has 1 fully saturated rings. The van der Waals surface area contributed by atoms with Crippen molar-refractivity contribution in [1.29, 1.82) is 0 Å². The third-order valence-electron chi connectivity index (χ3n) is 4.11. The van der Waals surface area contributed by atoms with Crippen LogP contribution in [-0.4, -0.2) is 58.3 Å². The fourth-order valence-electron chi connectivity index (χ4n) is 3.08. The third kappa shape index (κ3) is 3.02. The average molecular weight is 306 g/mol. The second-order valence-electron chi connectivity index (χ2n) is 5.69. The highest BCUT2D eigenvalue weighted by Crippen LogP contribution is 2.28. The smallest absolute Gasteiger partial charge is 0.140 e. The first-order valence-corrected chi connectivity index (χ1v) is 8.42. The van der Waals surface area contributed by atoms with Crippen molar-refractivity contribution in [1.82, 2.24) is 14.9 Å². The summed E-state index contributed by atoms with van der Waals surface area (Å²) in [6.07, 6.45) is 2.48. The largest absolute Gasteiger partial charge is 0.392 e. The minimum atomic E-state index is -0.270. The summed E-state index contributed by atoms with van der Waals surface area (Å²) < 4.78 is 0. The molecule has 3 rings (SSSR count). The molecule has 5 nitrogen and oxygen atoms in total. The molecule has 0 radical (unpaired) electrons. The number of hydrogen-bond donors (Lipinski definition) is 1. The number of piperazine rings is 1. The van der Waals surface area contributed by atoms with Crippen molar-refractivity contribution in [3.05, 3.63) is 17.8 Å². The number of rotatable bonds is 4. The van der Waals surface area contributed by atoms with E-state index in [1.165, 1.54) is 0 Å². The summed E-state index contributed by atoms with van der Waals surface area (Å²) >= 11 is 1.66. The van der Waals surface area contributed by atoms with Gasteiger partial charge in [-0.05, 0) is 24.8 Å². The lowest BCUT2D eigenvalue weighted by atomic mass is 10.1. The van der Waals surface area contributed by atoms with E-state index in [1.807, 2.05) is 6.92 Å². The summed E-state index contributed by atoms with van der Waals surface area (Å²) in [5.74, 6) is 1.05. The number of aromatic nitrogens is 2. The van der Waals surface area contributed by atoms with Gasteiger partial charge in [-0.15, -0.1) is 11.3 Å². The Morgan fingerprint density at radius 2 is 2.29 bits per heavy atom. The van der Waals surface area contributed by atoms with Crippen molar-refractivity contribution in [3.8, 4) is 0 Å². The van der Waals surface area contributed by atoms with Gasteiger partial charge in [-0.3, -0.25) is 4.90 Å². The van der Waals surface area contributed by atoms with Gasteiger partial charge in [-0.25, -0.2) is 9.97 Å². The summed E-state index contributed by atoms with van der Waals surface area (Å²) in [6.45, 7) is 7.71. The molecule has 0 unspecified atom stereocenters. The number of aliphatic hydroxyl groups is 1. The molecule has 2 aromatic heterocycles. The minimum absolute atomic E-state index is 0.270. The number of nitrogens with zero attached hydrogens (tertiary/aromatic N) is 4. The lowest BCUT2D eigenvalue weighted by molar-refractivity contribution is 0.0885. The Balaban J connectivity index is 1.80. The fraction of sp³-hybridized carbons (Fsp3) is 0.600. The molecule has 2 atom stereocenters. The molecule has 1 saturated heterocycles. The Morgan fingerprint density at radius 1 is 1.43 bits per heavy atom. The molecule has 1 aliphatic rings. The summed E-state index contributed by atoms with van der Waals surface area (Å²) in [6, 6.07) is 2.58. The van der Waals surface area contributed by atoms with Crippen LogP contribution in [0.1, 0.15) is 20.3 Å². The van der Waals surface area contributed by atoms with Gasteiger partial charge in [0.25, 0.3) is 0 Å². The molecule has 6 heteroatoms. The van der Waals surface area contributed by atoms with Gasteiger partial charge >= 0.3 is 0 Å². The van der Waals surface area contributed by atoms with Gasteiger partial charge in [-0.2, -0.15) is 0 Å². The Labute approximate surface area is 129 Å². The van der Waals surface area contributed by atoms with Gasteiger partial charge < -0.3 is 10.0 Å². The molecule has 0 amide bonds. The summed E-state index contributed by atoms with van der Waals surface area (Å²) in [7, 11) is 0. The second kappa shape index (κ2) is 6.25. The van der Waals surface area contributed by atoms with Crippen molar-refractivity contribution >= 4 is 27.4 Å². The van der Waals surface area contributed by atoms with E-state index in [0.717, 1.165) is 48.6 Å². The molecule has 0 bridgehead atoms. The van der Waals surface area contributed by atoms with Crippen LogP contribution in [0.25, 0.3) is 10.2 Å². The predicted molar refractivity (Wildman–Crippen MR) is 87.0 cm³/mol. The fourth-order valence-corrected chi connectivity index (χ4v) is 3.81.